The molecule has 1 aromatic heterocycles. The molecule has 0 unspecified atom stereocenters. The molecule has 0 fully saturated rings. The molecule has 0 saturated heterocycles. The number of fused-ring (bicyclic) bond motifs is 1. The summed E-state index contributed by atoms with van der Waals surface area (Å²) in [6.45, 7) is 1.97. The molecule has 2 N–H and O–H groups in total. The maximum Gasteiger partial charge on any atom is 0.250 e. The van der Waals surface area contributed by atoms with Crippen molar-refractivity contribution < 1.29 is 14.3 Å². The number of ether oxygens (including phenoxy) is 2. The summed E-state index contributed by atoms with van der Waals surface area (Å²) in [5.74, 6) is 0.443. The fourth-order valence-corrected chi connectivity index (χ4v) is 2.87. The monoisotopic (exact) mass is 315 g/mol. The Bertz CT molecular complexity index is 696. The number of amides is 1. The lowest BCUT2D eigenvalue weighted by Crippen LogP contribution is -2.22. The van der Waals surface area contributed by atoms with Crippen LogP contribution in [0.1, 0.15) is 35.8 Å². The van der Waals surface area contributed by atoms with Gasteiger partial charge in [0.25, 0.3) is 5.91 Å². The Morgan fingerprint density at radius 3 is 3.17 bits per heavy atom. The van der Waals surface area contributed by atoms with Gasteiger partial charge in [-0.2, -0.15) is 5.10 Å². The second-order valence-electron chi connectivity index (χ2n) is 5.75. The summed E-state index contributed by atoms with van der Waals surface area (Å²) < 4.78 is 11.0. The lowest BCUT2D eigenvalue weighted by Gasteiger charge is -2.22. The Hall–Kier alpha value is -2.34. The number of aryl methyl sites for hydroxylation is 2. The Morgan fingerprint density at radius 1 is 1.48 bits per heavy atom. The molecule has 1 atom stereocenters. The summed E-state index contributed by atoms with van der Waals surface area (Å²) >= 11 is 0. The van der Waals surface area contributed by atoms with Crippen molar-refractivity contribution in [1.82, 2.24) is 10.2 Å². The van der Waals surface area contributed by atoms with Crippen LogP contribution in [0.15, 0.2) is 24.4 Å². The zero-order valence-electron chi connectivity index (χ0n) is 13.4. The Balaban J connectivity index is 1.60. The minimum atomic E-state index is -0.194. The molecule has 1 aliphatic carbocycles. The van der Waals surface area contributed by atoms with Crippen molar-refractivity contribution in [2.24, 2.45) is 0 Å². The molecule has 0 aliphatic heterocycles. The highest BCUT2D eigenvalue weighted by atomic mass is 16.5. The topological polar surface area (TPSA) is 76.2 Å². The molecular formula is C17H21N3O3. The summed E-state index contributed by atoms with van der Waals surface area (Å²) in [7, 11) is 1.58. The zero-order valence-corrected chi connectivity index (χ0v) is 13.4. The van der Waals surface area contributed by atoms with E-state index in [4.69, 9.17) is 9.47 Å². The molecule has 6 heteroatoms. The lowest BCUT2D eigenvalue weighted by molar-refractivity contribution is -0.123. The number of hydrogen-bond acceptors (Lipinski definition) is 4. The molecule has 2 aromatic rings. The van der Waals surface area contributed by atoms with Crippen molar-refractivity contribution in [3.8, 4) is 5.75 Å². The number of anilines is 1. The zero-order chi connectivity index (χ0) is 16.2. The minimum Gasteiger partial charge on any atom is -0.495 e. The molecule has 122 valence electrons. The normalized spacial score (nSPS) is 16.7. The lowest BCUT2D eigenvalue weighted by atomic mass is 9.96. The van der Waals surface area contributed by atoms with Crippen LogP contribution >= 0.6 is 0 Å². The number of H-pyrrole nitrogens is 1. The van der Waals surface area contributed by atoms with Gasteiger partial charge in [0.15, 0.2) is 0 Å². The predicted octanol–water partition coefficient (Wildman–Crippen LogP) is 2.76. The molecule has 0 bridgehead atoms. The number of rotatable bonds is 5. The third-order valence-electron chi connectivity index (χ3n) is 4.03. The van der Waals surface area contributed by atoms with Crippen LogP contribution in [-0.4, -0.2) is 29.8 Å². The van der Waals surface area contributed by atoms with Crippen molar-refractivity contribution in [3.63, 3.8) is 0 Å². The van der Waals surface area contributed by atoms with Crippen molar-refractivity contribution in [2.75, 3.05) is 19.0 Å². The molecule has 1 aliphatic rings. The van der Waals surface area contributed by atoms with Crippen LogP contribution < -0.4 is 10.1 Å². The van der Waals surface area contributed by atoms with E-state index >= 15 is 0 Å². The van der Waals surface area contributed by atoms with Crippen molar-refractivity contribution in [1.29, 1.82) is 0 Å². The van der Waals surface area contributed by atoms with Crippen LogP contribution in [-0.2, 0) is 16.0 Å². The predicted molar refractivity (Wildman–Crippen MR) is 86.6 cm³/mol. The molecule has 0 radical (unpaired) electrons. The van der Waals surface area contributed by atoms with Gasteiger partial charge in [0.2, 0.25) is 0 Å². The summed E-state index contributed by atoms with van der Waals surface area (Å²) in [5.41, 5.74) is 3.89. The number of aromatic amines is 1. The van der Waals surface area contributed by atoms with Gasteiger partial charge in [-0.15, -0.1) is 0 Å². The van der Waals surface area contributed by atoms with Gasteiger partial charge >= 0.3 is 0 Å². The number of benzene rings is 1. The number of nitrogens with zero attached hydrogens (tertiary/aromatic N) is 1. The first-order valence-electron chi connectivity index (χ1n) is 7.75. The van der Waals surface area contributed by atoms with Crippen molar-refractivity contribution >= 4 is 11.6 Å². The number of aromatic nitrogens is 2. The fraction of sp³-hybridized carbons (Fsp3) is 0.412. The molecule has 23 heavy (non-hydrogen) atoms. The molecule has 1 amide bonds. The van der Waals surface area contributed by atoms with E-state index in [1.165, 1.54) is 5.56 Å². The van der Waals surface area contributed by atoms with E-state index in [1.807, 2.05) is 31.3 Å². The van der Waals surface area contributed by atoms with Gasteiger partial charge in [-0.25, -0.2) is 0 Å². The van der Waals surface area contributed by atoms with E-state index in [1.54, 1.807) is 7.11 Å². The Labute approximate surface area is 135 Å². The summed E-state index contributed by atoms with van der Waals surface area (Å²) in [6, 6.07) is 5.65. The standard InChI is InChI=1S/C17H21N3O3/c1-11-6-7-14(22-2)13(8-11)19-16(21)10-23-15-5-3-4-12-9-18-20-17(12)15/h6-9,15H,3-5,10H2,1-2H3,(H,18,20)(H,19,21)/t15-/m1/s1. The molecule has 0 saturated carbocycles. The van der Waals surface area contributed by atoms with Crippen LogP contribution in [0.3, 0.4) is 0 Å². The largest absolute Gasteiger partial charge is 0.495 e. The number of methoxy groups -OCH3 is 1. The van der Waals surface area contributed by atoms with Crippen LogP contribution in [0, 0.1) is 6.92 Å². The van der Waals surface area contributed by atoms with E-state index in [9.17, 15) is 4.79 Å². The van der Waals surface area contributed by atoms with Gasteiger partial charge in [-0.05, 0) is 49.4 Å². The number of hydrogen-bond donors (Lipinski definition) is 2. The summed E-state index contributed by atoms with van der Waals surface area (Å²) in [4.78, 5) is 12.2. The first-order valence-corrected chi connectivity index (χ1v) is 7.75. The van der Waals surface area contributed by atoms with Gasteiger partial charge in [-0.3, -0.25) is 9.89 Å². The first kappa shape index (κ1) is 15.6. The summed E-state index contributed by atoms with van der Waals surface area (Å²) in [5, 5.41) is 9.88. The number of carbonyl (C=O) groups is 1. The van der Waals surface area contributed by atoms with E-state index in [0.29, 0.717) is 11.4 Å². The third kappa shape index (κ3) is 3.53. The Morgan fingerprint density at radius 2 is 2.35 bits per heavy atom. The fourth-order valence-electron chi connectivity index (χ4n) is 2.87. The molecular weight excluding hydrogens is 294 g/mol. The minimum absolute atomic E-state index is 0.000221. The van der Waals surface area contributed by atoms with Gasteiger partial charge in [0.1, 0.15) is 12.4 Å². The molecule has 3 rings (SSSR count). The molecule has 6 nitrogen and oxygen atoms in total. The number of carbonyl (C=O) groups excluding carboxylic acids is 1. The average Bonchev–Trinajstić information content (AvgIpc) is 3.02. The number of nitrogens with one attached hydrogen (secondary N) is 2. The van der Waals surface area contributed by atoms with E-state index in [2.05, 4.69) is 15.5 Å². The van der Waals surface area contributed by atoms with Gasteiger partial charge < -0.3 is 14.8 Å². The average molecular weight is 315 g/mol. The highest BCUT2D eigenvalue weighted by Crippen LogP contribution is 2.30. The van der Waals surface area contributed by atoms with Crippen molar-refractivity contribution in [3.05, 3.63) is 41.2 Å². The maximum absolute atomic E-state index is 12.2. The van der Waals surface area contributed by atoms with Crippen molar-refractivity contribution in [2.45, 2.75) is 32.3 Å². The molecule has 0 spiro atoms. The third-order valence-corrected chi connectivity index (χ3v) is 4.03. The second-order valence-corrected chi connectivity index (χ2v) is 5.75. The van der Waals surface area contributed by atoms with E-state index in [-0.39, 0.29) is 18.6 Å². The maximum atomic E-state index is 12.2. The first-order chi connectivity index (χ1) is 11.2. The molecule has 1 heterocycles. The van der Waals surface area contributed by atoms with Crippen LogP contribution in [0.25, 0.3) is 0 Å². The van der Waals surface area contributed by atoms with Gasteiger partial charge in [0.05, 0.1) is 30.8 Å². The van der Waals surface area contributed by atoms with E-state index < -0.39 is 0 Å². The summed E-state index contributed by atoms with van der Waals surface area (Å²) in [6.07, 6.45) is 4.70. The van der Waals surface area contributed by atoms with Crippen LogP contribution in [0.5, 0.6) is 5.75 Å². The quantitative estimate of drug-likeness (QED) is 0.889. The highest BCUT2D eigenvalue weighted by molar-refractivity contribution is 5.93. The Kier molecular flexibility index (Phi) is 4.62. The smallest absolute Gasteiger partial charge is 0.250 e. The van der Waals surface area contributed by atoms with Gasteiger partial charge in [0, 0.05) is 0 Å². The van der Waals surface area contributed by atoms with E-state index in [0.717, 1.165) is 30.5 Å². The SMILES string of the molecule is COc1ccc(C)cc1NC(=O)CO[C@@H]1CCCc2cn[nH]c21. The molecule has 1 aromatic carbocycles. The van der Waals surface area contributed by atoms with Crippen LogP contribution in [0.2, 0.25) is 0 Å². The van der Waals surface area contributed by atoms with Crippen LogP contribution in [0.4, 0.5) is 5.69 Å². The second kappa shape index (κ2) is 6.83. The highest BCUT2D eigenvalue weighted by Gasteiger charge is 2.23. The van der Waals surface area contributed by atoms with Gasteiger partial charge in [-0.1, -0.05) is 6.07 Å².